The first-order chi connectivity index (χ1) is 8.77. The van der Waals surface area contributed by atoms with E-state index in [1.807, 2.05) is 0 Å². The molecule has 104 valence electrons. The Balaban J connectivity index is 0.000000134. The van der Waals surface area contributed by atoms with Gasteiger partial charge in [-0.15, -0.1) is 0 Å². The summed E-state index contributed by atoms with van der Waals surface area (Å²) < 4.78 is 5.05. The van der Waals surface area contributed by atoms with Crippen LogP contribution in [0.4, 0.5) is 0 Å². The number of fused-ring (bicyclic) bond motifs is 1. The fourth-order valence-electron chi connectivity index (χ4n) is 3.38. The van der Waals surface area contributed by atoms with Crippen LogP contribution in [0.25, 0.3) is 0 Å². The van der Waals surface area contributed by atoms with Gasteiger partial charge in [-0.1, -0.05) is 32.4 Å². The van der Waals surface area contributed by atoms with Crippen molar-refractivity contribution in [3.05, 3.63) is 12.2 Å². The lowest BCUT2D eigenvalue weighted by Gasteiger charge is -2.04. The molecule has 0 aromatic carbocycles. The average Bonchev–Trinajstić information content (AvgIpc) is 3.27. The van der Waals surface area contributed by atoms with Crippen LogP contribution >= 0.6 is 0 Å². The maximum absolute atomic E-state index is 9.34. The van der Waals surface area contributed by atoms with Gasteiger partial charge in [0.1, 0.15) is 0 Å². The van der Waals surface area contributed by atoms with E-state index in [4.69, 9.17) is 4.74 Å². The standard InChI is InChI=1S/2C8H14O/c1-2-5-6-3-4-7(9)8(5)6;1-2-3-4-5-6-8-7-9-8/h5-9H,2-4H2,1H3;3-4,8H,2,5-7H2,1H3/b;4-3-/t5-,6+,7-,8-;8-/m11/s1. The molecule has 0 aromatic rings. The van der Waals surface area contributed by atoms with Crippen molar-refractivity contribution in [3.8, 4) is 0 Å². The van der Waals surface area contributed by atoms with Gasteiger partial charge >= 0.3 is 0 Å². The summed E-state index contributed by atoms with van der Waals surface area (Å²) in [7, 11) is 0. The molecule has 0 bridgehead atoms. The highest BCUT2D eigenvalue weighted by Gasteiger charge is 2.55. The molecule has 2 nitrogen and oxygen atoms in total. The summed E-state index contributed by atoms with van der Waals surface area (Å²) in [6.45, 7) is 5.39. The topological polar surface area (TPSA) is 32.8 Å². The van der Waals surface area contributed by atoms with Gasteiger partial charge in [-0.3, -0.25) is 0 Å². The van der Waals surface area contributed by atoms with Crippen molar-refractivity contribution < 1.29 is 9.84 Å². The second kappa shape index (κ2) is 6.72. The van der Waals surface area contributed by atoms with E-state index in [-0.39, 0.29) is 6.10 Å². The summed E-state index contributed by atoms with van der Waals surface area (Å²) in [6, 6.07) is 0. The van der Waals surface area contributed by atoms with Gasteiger partial charge in [-0.2, -0.15) is 0 Å². The van der Waals surface area contributed by atoms with E-state index < -0.39 is 0 Å². The second-order valence-electron chi connectivity index (χ2n) is 5.87. The lowest BCUT2D eigenvalue weighted by molar-refractivity contribution is 0.149. The summed E-state index contributed by atoms with van der Waals surface area (Å²) >= 11 is 0. The lowest BCUT2D eigenvalue weighted by Crippen LogP contribution is -2.06. The van der Waals surface area contributed by atoms with E-state index in [0.717, 1.165) is 37.2 Å². The minimum atomic E-state index is 0.0694. The summed E-state index contributed by atoms with van der Waals surface area (Å²) in [5.41, 5.74) is 0. The van der Waals surface area contributed by atoms with Crippen LogP contribution in [0.3, 0.4) is 0 Å². The highest BCUT2D eigenvalue weighted by molar-refractivity contribution is 5.04. The number of hydrogen-bond acceptors (Lipinski definition) is 2. The van der Waals surface area contributed by atoms with E-state index in [0.29, 0.717) is 6.10 Å². The Morgan fingerprint density at radius 1 is 1.22 bits per heavy atom. The zero-order valence-corrected chi connectivity index (χ0v) is 11.8. The molecular weight excluding hydrogens is 224 g/mol. The number of epoxide rings is 1. The Bertz CT molecular complexity index is 266. The van der Waals surface area contributed by atoms with Crippen molar-refractivity contribution in [1.82, 2.24) is 0 Å². The molecule has 5 atom stereocenters. The van der Waals surface area contributed by atoms with Gasteiger partial charge in [0, 0.05) is 0 Å². The number of aliphatic hydroxyl groups excluding tert-OH is 1. The minimum Gasteiger partial charge on any atom is -0.393 e. The first kappa shape index (κ1) is 14.1. The molecular formula is C16H28O2. The number of rotatable bonds is 5. The summed E-state index contributed by atoms with van der Waals surface area (Å²) in [4.78, 5) is 0. The molecule has 0 spiro atoms. The molecule has 1 aliphatic heterocycles. The fraction of sp³-hybridized carbons (Fsp3) is 0.875. The Morgan fingerprint density at radius 2 is 2.00 bits per heavy atom. The molecule has 2 heteroatoms. The minimum absolute atomic E-state index is 0.0694. The number of ether oxygens (including phenoxy) is 1. The van der Waals surface area contributed by atoms with E-state index in [2.05, 4.69) is 26.0 Å². The van der Waals surface area contributed by atoms with Crippen molar-refractivity contribution in [2.75, 3.05) is 6.61 Å². The van der Waals surface area contributed by atoms with Crippen molar-refractivity contribution in [1.29, 1.82) is 0 Å². The zero-order valence-electron chi connectivity index (χ0n) is 11.8. The molecule has 3 rings (SSSR count). The monoisotopic (exact) mass is 252 g/mol. The van der Waals surface area contributed by atoms with Crippen LogP contribution in [0, 0.1) is 17.8 Å². The van der Waals surface area contributed by atoms with Gasteiger partial charge in [0.25, 0.3) is 0 Å². The molecule has 1 saturated heterocycles. The molecule has 3 aliphatic rings. The Hall–Kier alpha value is -0.340. The van der Waals surface area contributed by atoms with E-state index in [1.165, 1.54) is 25.7 Å². The smallest absolute Gasteiger partial charge is 0.0812 e. The third kappa shape index (κ3) is 3.83. The number of aliphatic hydroxyl groups is 1. The molecule has 18 heavy (non-hydrogen) atoms. The largest absolute Gasteiger partial charge is 0.393 e. The van der Waals surface area contributed by atoms with Crippen LogP contribution in [0.1, 0.15) is 52.4 Å². The first-order valence-electron chi connectivity index (χ1n) is 7.72. The van der Waals surface area contributed by atoms with Gasteiger partial charge in [0.15, 0.2) is 0 Å². The Labute approximate surface area is 111 Å². The van der Waals surface area contributed by atoms with E-state index in [9.17, 15) is 5.11 Å². The first-order valence-corrected chi connectivity index (χ1v) is 7.72. The number of hydrogen-bond donors (Lipinski definition) is 1. The maximum Gasteiger partial charge on any atom is 0.0812 e. The van der Waals surface area contributed by atoms with Gasteiger partial charge in [-0.25, -0.2) is 0 Å². The fourth-order valence-corrected chi connectivity index (χ4v) is 3.38. The van der Waals surface area contributed by atoms with Crippen molar-refractivity contribution >= 4 is 0 Å². The maximum atomic E-state index is 9.34. The second-order valence-corrected chi connectivity index (χ2v) is 5.87. The molecule has 1 heterocycles. The van der Waals surface area contributed by atoms with Crippen LogP contribution in [0.15, 0.2) is 12.2 Å². The van der Waals surface area contributed by atoms with Crippen molar-refractivity contribution in [2.45, 2.75) is 64.6 Å². The van der Waals surface area contributed by atoms with Gasteiger partial charge in [0.05, 0.1) is 18.8 Å². The van der Waals surface area contributed by atoms with Crippen LogP contribution in [0.2, 0.25) is 0 Å². The normalized spacial score (nSPS) is 40.3. The SMILES string of the molecule is CC/C=C\CC[C@@H]1CO1.CC[C@@H]1[C@@H]2CC[C@@H](O)[C@H]12. The number of allylic oxidation sites excluding steroid dienone is 2. The van der Waals surface area contributed by atoms with Crippen LogP contribution < -0.4 is 0 Å². The highest BCUT2D eigenvalue weighted by Crippen LogP contribution is 2.58. The van der Waals surface area contributed by atoms with E-state index in [1.54, 1.807) is 0 Å². The zero-order chi connectivity index (χ0) is 13.0. The molecule has 2 aliphatic carbocycles. The van der Waals surface area contributed by atoms with Crippen LogP contribution in [-0.2, 0) is 4.74 Å². The highest BCUT2D eigenvalue weighted by atomic mass is 16.6. The lowest BCUT2D eigenvalue weighted by atomic mass is 10.1. The molecule has 0 aromatic heterocycles. The predicted molar refractivity (Wildman–Crippen MR) is 74.4 cm³/mol. The quantitative estimate of drug-likeness (QED) is 0.599. The third-order valence-electron chi connectivity index (χ3n) is 4.57. The predicted octanol–water partition coefficient (Wildman–Crippen LogP) is 3.54. The summed E-state index contributed by atoms with van der Waals surface area (Å²) in [6.07, 6.45) is 12.3. The molecule has 0 unspecified atom stereocenters. The van der Waals surface area contributed by atoms with Crippen LogP contribution in [-0.4, -0.2) is 23.9 Å². The van der Waals surface area contributed by atoms with Gasteiger partial charge in [0.2, 0.25) is 0 Å². The Kier molecular flexibility index (Phi) is 5.25. The summed E-state index contributed by atoms with van der Waals surface area (Å²) in [5, 5.41) is 9.34. The molecule has 0 amide bonds. The summed E-state index contributed by atoms with van der Waals surface area (Å²) in [5.74, 6) is 2.54. The average molecular weight is 252 g/mol. The molecule has 3 fully saturated rings. The van der Waals surface area contributed by atoms with Crippen molar-refractivity contribution in [2.24, 2.45) is 17.8 Å². The third-order valence-corrected chi connectivity index (χ3v) is 4.57. The van der Waals surface area contributed by atoms with E-state index >= 15 is 0 Å². The molecule has 1 N–H and O–H groups in total. The van der Waals surface area contributed by atoms with Crippen LogP contribution in [0.5, 0.6) is 0 Å². The molecule has 2 saturated carbocycles. The van der Waals surface area contributed by atoms with Crippen molar-refractivity contribution in [3.63, 3.8) is 0 Å². The van der Waals surface area contributed by atoms with Gasteiger partial charge < -0.3 is 9.84 Å². The Morgan fingerprint density at radius 3 is 2.44 bits per heavy atom. The van der Waals surface area contributed by atoms with Gasteiger partial charge in [-0.05, 0) is 49.9 Å². The molecule has 0 radical (unpaired) electrons.